The third-order valence-electron chi connectivity index (χ3n) is 2.54. The van der Waals surface area contributed by atoms with Gasteiger partial charge in [-0.2, -0.15) is 0 Å². The summed E-state index contributed by atoms with van der Waals surface area (Å²) in [5.74, 6) is 0. The number of nitrogens with zero attached hydrogens (tertiary/aromatic N) is 1. The molecule has 2 nitrogen and oxygen atoms in total. The van der Waals surface area contributed by atoms with E-state index < -0.39 is 0 Å². The van der Waals surface area contributed by atoms with Crippen LogP contribution in [0.15, 0.2) is 34.2 Å². The molecule has 1 unspecified atom stereocenters. The minimum absolute atomic E-state index is 0.337. The average Bonchev–Trinajstić information content (AvgIpc) is 2.75. The Morgan fingerprint density at radius 2 is 2.35 bits per heavy atom. The van der Waals surface area contributed by atoms with Crippen LogP contribution in [0, 0.1) is 2.88 Å². The Hall–Kier alpha value is 0.0200. The van der Waals surface area contributed by atoms with Crippen LogP contribution < -0.4 is 5.32 Å². The number of halogens is 2. The van der Waals surface area contributed by atoms with Gasteiger partial charge in [0.25, 0.3) is 0 Å². The maximum atomic E-state index is 4.41. The van der Waals surface area contributed by atoms with E-state index in [1.54, 1.807) is 11.3 Å². The Bertz CT molecular complexity index is 484. The Balaban J connectivity index is 2.12. The van der Waals surface area contributed by atoms with Crippen LogP contribution in [0.5, 0.6) is 0 Å². The van der Waals surface area contributed by atoms with Crippen molar-refractivity contribution >= 4 is 49.9 Å². The molecule has 0 aliphatic heterocycles. The van der Waals surface area contributed by atoms with Crippen LogP contribution in [0.4, 0.5) is 0 Å². The van der Waals surface area contributed by atoms with Crippen molar-refractivity contribution in [3.05, 3.63) is 48.4 Å². The van der Waals surface area contributed by atoms with E-state index in [2.05, 4.69) is 66.3 Å². The highest BCUT2D eigenvalue weighted by molar-refractivity contribution is 14.1. The second-order valence-electron chi connectivity index (χ2n) is 3.70. The number of pyridine rings is 1. The van der Waals surface area contributed by atoms with Gasteiger partial charge in [0, 0.05) is 28.8 Å². The van der Waals surface area contributed by atoms with Crippen molar-refractivity contribution in [2.45, 2.75) is 12.5 Å². The molecule has 90 valence electrons. The summed E-state index contributed by atoms with van der Waals surface area (Å²) in [5.41, 5.74) is 2.44. The van der Waals surface area contributed by atoms with E-state index >= 15 is 0 Å². The second-order valence-corrected chi connectivity index (χ2v) is 7.42. The number of thiophene rings is 1. The smallest absolute Gasteiger partial charge is 0.0656 e. The van der Waals surface area contributed by atoms with Gasteiger partial charge in [0.1, 0.15) is 0 Å². The molecule has 0 saturated carbocycles. The molecular weight excluding hydrogens is 411 g/mol. The van der Waals surface area contributed by atoms with Crippen molar-refractivity contribution in [1.82, 2.24) is 10.3 Å². The number of hydrogen-bond donors (Lipinski definition) is 1. The van der Waals surface area contributed by atoms with Crippen molar-refractivity contribution < 1.29 is 0 Å². The van der Waals surface area contributed by atoms with Crippen LogP contribution in [0.25, 0.3) is 0 Å². The lowest BCUT2D eigenvalue weighted by molar-refractivity contribution is 0.586. The van der Waals surface area contributed by atoms with Gasteiger partial charge in [-0.15, -0.1) is 11.3 Å². The first-order chi connectivity index (χ1) is 8.19. The molecule has 5 heteroatoms. The Morgan fingerprint density at radius 3 is 2.88 bits per heavy atom. The van der Waals surface area contributed by atoms with Crippen molar-refractivity contribution in [2.24, 2.45) is 0 Å². The van der Waals surface area contributed by atoms with Crippen LogP contribution in [0.3, 0.4) is 0 Å². The number of rotatable bonds is 4. The first kappa shape index (κ1) is 13.5. The van der Waals surface area contributed by atoms with Crippen LogP contribution in [-0.4, -0.2) is 12.0 Å². The fourth-order valence-electron chi connectivity index (χ4n) is 1.63. The molecule has 0 aliphatic carbocycles. The Kier molecular flexibility index (Phi) is 4.96. The van der Waals surface area contributed by atoms with Gasteiger partial charge in [0.05, 0.1) is 2.88 Å². The summed E-state index contributed by atoms with van der Waals surface area (Å²) in [6, 6.07) is 6.66. The molecule has 0 amide bonds. The lowest BCUT2D eigenvalue weighted by Crippen LogP contribution is -2.18. The summed E-state index contributed by atoms with van der Waals surface area (Å²) in [5, 5.41) is 5.56. The fourth-order valence-corrected chi connectivity index (χ4v) is 3.29. The summed E-state index contributed by atoms with van der Waals surface area (Å²) >= 11 is 7.53. The van der Waals surface area contributed by atoms with Gasteiger partial charge in [-0.05, 0) is 74.7 Å². The molecule has 0 aliphatic rings. The average molecular weight is 423 g/mol. The molecule has 0 spiro atoms. The second kappa shape index (κ2) is 6.26. The predicted molar refractivity (Wildman–Crippen MR) is 84.5 cm³/mol. The standard InChI is InChI=1S/C12H12BrIN2S/c1-15-11(8-4-12(14)17-7-8)5-10-3-2-9(13)6-16-10/h2-4,6-7,11,15H,5H2,1H3. The van der Waals surface area contributed by atoms with E-state index in [1.807, 2.05) is 19.3 Å². The van der Waals surface area contributed by atoms with E-state index in [-0.39, 0.29) is 0 Å². The monoisotopic (exact) mass is 422 g/mol. The summed E-state index contributed by atoms with van der Waals surface area (Å²) in [6.07, 6.45) is 2.76. The predicted octanol–water partition coefficient (Wildman–Crippen LogP) is 4.01. The Morgan fingerprint density at radius 1 is 1.53 bits per heavy atom. The summed E-state index contributed by atoms with van der Waals surface area (Å²) < 4.78 is 2.34. The number of likely N-dealkylation sites (N-methyl/N-ethyl adjacent to an activating group) is 1. The molecule has 0 aromatic carbocycles. The van der Waals surface area contributed by atoms with E-state index in [4.69, 9.17) is 0 Å². The quantitative estimate of drug-likeness (QED) is 0.753. The molecule has 0 radical (unpaired) electrons. The molecule has 17 heavy (non-hydrogen) atoms. The first-order valence-corrected chi connectivity index (χ1v) is 7.96. The summed E-state index contributed by atoms with van der Waals surface area (Å²) in [4.78, 5) is 4.41. The van der Waals surface area contributed by atoms with Gasteiger partial charge in [-0.25, -0.2) is 0 Å². The van der Waals surface area contributed by atoms with Crippen molar-refractivity contribution in [1.29, 1.82) is 0 Å². The molecule has 2 aromatic rings. The maximum absolute atomic E-state index is 4.41. The highest BCUT2D eigenvalue weighted by atomic mass is 127. The third-order valence-corrected chi connectivity index (χ3v) is 4.82. The van der Waals surface area contributed by atoms with Crippen molar-refractivity contribution in [3.8, 4) is 0 Å². The molecule has 1 N–H and O–H groups in total. The van der Waals surface area contributed by atoms with Crippen molar-refractivity contribution in [2.75, 3.05) is 7.05 Å². The van der Waals surface area contributed by atoms with Gasteiger partial charge in [-0.1, -0.05) is 0 Å². The first-order valence-electron chi connectivity index (χ1n) is 5.20. The lowest BCUT2D eigenvalue weighted by atomic mass is 10.1. The fraction of sp³-hybridized carbons (Fsp3) is 0.250. The van der Waals surface area contributed by atoms with Crippen LogP contribution in [-0.2, 0) is 6.42 Å². The molecule has 0 saturated heterocycles. The number of hydrogen-bond acceptors (Lipinski definition) is 3. The van der Waals surface area contributed by atoms with Gasteiger partial charge in [0.15, 0.2) is 0 Å². The van der Waals surface area contributed by atoms with Gasteiger partial charge in [-0.3, -0.25) is 4.98 Å². The normalized spacial score (nSPS) is 12.6. The minimum Gasteiger partial charge on any atom is -0.313 e. The van der Waals surface area contributed by atoms with Crippen LogP contribution in [0.2, 0.25) is 0 Å². The number of aromatic nitrogens is 1. The Labute approximate surface area is 127 Å². The third kappa shape index (κ3) is 3.74. The zero-order valence-corrected chi connectivity index (χ0v) is 13.8. The molecule has 0 fully saturated rings. The zero-order chi connectivity index (χ0) is 12.3. The molecule has 1 atom stereocenters. The van der Waals surface area contributed by atoms with E-state index in [0.29, 0.717) is 6.04 Å². The maximum Gasteiger partial charge on any atom is 0.0656 e. The molecular formula is C12H12BrIN2S. The molecule has 2 heterocycles. The number of nitrogens with one attached hydrogen (secondary N) is 1. The van der Waals surface area contributed by atoms with Crippen molar-refractivity contribution in [3.63, 3.8) is 0 Å². The minimum atomic E-state index is 0.337. The van der Waals surface area contributed by atoms with Crippen LogP contribution >= 0.6 is 49.9 Å². The highest BCUT2D eigenvalue weighted by Crippen LogP contribution is 2.24. The largest absolute Gasteiger partial charge is 0.313 e. The van der Waals surface area contributed by atoms with Gasteiger partial charge in [0.2, 0.25) is 0 Å². The zero-order valence-electron chi connectivity index (χ0n) is 9.28. The van der Waals surface area contributed by atoms with Gasteiger partial charge < -0.3 is 5.32 Å². The topological polar surface area (TPSA) is 24.9 Å². The highest BCUT2D eigenvalue weighted by Gasteiger charge is 2.12. The van der Waals surface area contributed by atoms with Crippen LogP contribution in [0.1, 0.15) is 17.3 Å². The van der Waals surface area contributed by atoms with E-state index in [9.17, 15) is 0 Å². The molecule has 0 bridgehead atoms. The van der Waals surface area contributed by atoms with Gasteiger partial charge >= 0.3 is 0 Å². The molecule has 2 rings (SSSR count). The summed E-state index contributed by atoms with van der Waals surface area (Å²) in [7, 11) is 1.99. The van der Waals surface area contributed by atoms with E-state index in [0.717, 1.165) is 16.6 Å². The summed E-state index contributed by atoms with van der Waals surface area (Å²) in [6.45, 7) is 0. The lowest BCUT2D eigenvalue weighted by Gasteiger charge is -2.14. The SMILES string of the molecule is CNC(Cc1ccc(Br)cn1)c1csc(I)c1. The van der Waals surface area contributed by atoms with E-state index in [1.165, 1.54) is 8.45 Å². The molecule has 2 aromatic heterocycles.